The number of aryl methyl sites for hydroxylation is 1. The summed E-state index contributed by atoms with van der Waals surface area (Å²) < 4.78 is 5.55. The summed E-state index contributed by atoms with van der Waals surface area (Å²) in [6, 6.07) is 9.38. The van der Waals surface area contributed by atoms with Crippen LogP contribution in [-0.4, -0.2) is 22.6 Å². The van der Waals surface area contributed by atoms with Crippen molar-refractivity contribution in [3.05, 3.63) is 45.6 Å². The smallest absolute Gasteiger partial charge is 0.279 e. The maximum absolute atomic E-state index is 12.3. The van der Waals surface area contributed by atoms with Crippen LogP contribution in [0.4, 0.5) is 0 Å². The van der Waals surface area contributed by atoms with Gasteiger partial charge in [0.1, 0.15) is 5.52 Å². The second kappa shape index (κ2) is 7.74. The van der Waals surface area contributed by atoms with Crippen LogP contribution in [-0.2, 0) is 17.6 Å². The number of fused-ring (bicyclic) bond motifs is 2. The normalized spacial score (nSPS) is 16.1. The molecule has 0 aliphatic heterocycles. The molecule has 3 aromatic rings. The largest absolute Gasteiger partial charge is 0.431 e. The lowest BCUT2D eigenvalue weighted by Crippen LogP contribution is -2.42. The van der Waals surface area contributed by atoms with Gasteiger partial charge in [0.2, 0.25) is 5.91 Å². The Hall–Kier alpha value is -2.32. The number of rotatable bonds is 4. The molecular formula is C19H19N3O3S2. The van der Waals surface area contributed by atoms with Gasteiger partial charge in [-0.3, -0.25) is 20.4 Å². The number of carbonyl (C=O) groups is 2. The van der Waals surface area contributed by atoms with E-state index in [9.17, 15) is 9.59 Å². The van der Waals surface area contributed by atoms with Crippen molar-refractivity contribution in [1.82, 2.24) is 15.8 Å². The fourth-order valence-corrected chi connectivity index (χ4v) is 4.82. The molecule has 2 N–H and O–H groups in total. The predicted octanol–water partition coefficient (Wildman–Crippen LogP) is 3.57. The molecule has 0 saturated heterocycles. The summed E-state index contributed by atoms with van der Waals surface area (Å²) in [4.78, 5) is 30.5. The van der Waals surface area contributed by atoms with Crippen molar-refractivity contribution in [1.29, 1.82) is 0 Å². The van der Waals surface area contributed by atoms with Gasteiger partial charge in [-0.2, -0.15) is 0 Å². The monoisotopic (exact) mass is 401 g/mol. The standard InChI is InChI=1S/C19H19N3O3S2/c1-11-6-7-15-12(8-11)9-16(27-15)18(24)22-21-17(23)10-26-19-20-13-4-2-3-5-14(13)25-19/h2-5,9,11H,6-8,10H2,1H3,(H,21,23)(H,22,24)/t11-/m0/s1. The SMILES string of the molecule is C[C@H]1CCc2sc(C(=O)NNC(=O)CSc3nc4ccccc4o3)cc2C1. The van der Waals surface area contributed by atoms with E-state index in [4.69, 9.17) is 4.42 Å². The molecule has 0 spiro atoms. The van der Waals surface area contributed by atoms with Crippen LogP contribution in [0, 0.1) is 5.92 Å². The first-order chi connectivity index (χ1) is 13.1. The van der Waals surface area contributed by atoms with Gasteiger partial charge < -0.3 is 4.42 Å². The molecule has 2 aromatic heterocycles. The third-order valence-corrected chi connectivity index (χ3v) is 6.53. The number of hydrogen-bond acceptors (Lipinski definition) is 6. The molecule has 2 heterocycles. The highest BCUT2D eigenvalue weighted by molar-refractivity contribution is 7.99. The number of hydrogen-bond donors (Lipinski definition) is 2. The third kappa shape index (κ3) is 4.17. The average Bonchev–Trinajstić information content (AvgIpc) is 3.27. The van der Waals surface area contributed by atoms with Crippen molar-refractivity contribution in [2.45, 2.75) is 31.4 Å². The molecule has 27 heavy (non-hydrogen) atoms. The highest BCUT2D eigenvalue weighted by Crippen LogP contribution is 2.32. The lowest BCUT2D eigenvalue weighted by Gasteiger charge is -2.16. The van der Waals surface area contributed by atoms with Crippen LogP contribution in [0.15, 0.2) is 40.0 Å². The number of hydrazine groups is 1. The number of oxazole rings is 1. The lowest BCUT2D eigenvalue weighted by molar-refractivity contribution is -0.119. The first kappa shape index (κ1) is 18.1. The van der Waals surface area contributed by atoms with Gasteiger partial charge in [0.15, 0.2) is 5.58 Å². The molecule has 0 saturated carbocycles. The zero-order valence-electron chi connectivity index (χ0n) is 14.8. The van der Waals surface area contributed by atoms with Crippen molar-refractivity contribution < 1.29 is 14.0 Å². The summed E-state index contributed by atoms with van der Waals surface area (Å²) in [6.45, 7) is 2.23. The van der Waals surface area contributed by atoms with E-state index < -0.39 is 0 Å². The number of para-hydroxylation sites is 2. The van der Waals surface area contributed by atoms with Crippen LogP contribution in [0.2, 0.25) is 0 Å². The van der Waals surface area contributed by atoms with Crippen LogP contribution < -0.4 is 10.9 Å². The maximum Gasteiger partial charge on any atom is 0.279 e. The van der Waals surface area contributed by atoms with Crippen molar-refractivity contribution in [2.75, 3.05) is 5.75 Å². The van der Waals surface area contributed by atoms with Gasteiger partial charge in [-0.15, -0.1) is 11.3 Å². The summed E-state index contributed by atoms with van der Waals surface area (Å²) in [5.41, 5.74) is 7.65. The van der Waals surface area contributed by atoms with Crippen LogP contribution in [0.1, 0.15) is 33.5 Å². The van der Waals surface area contributed by atoms with Crippen molar-refractivity contribution in [2.24, 2.45) is 5.92 Å². The number of thiophene rings is 1. The quantitative estimate of drug-likeness (QED) is 0.516. The molecule has 1 aliphatic carbocycles. The maximum atomic E-state index is 12.3. The summed E-state index contributed by atoms with van der Waals surface area (Å²) in [6.07, 6.45) is 3.22. The molecule has 6 nitrogen and oxygen atoms in total. The lowest BCUT2D eigenvalue weighted by atomic mass is 9.90. The fourth-order valence-electron chi connectivity index (χ4n) is 3.08. The molecule has 0 bridgehead atoms. The van der Waals surface area contributed by atoms with Crippen molar-refractivity contribution in [3.63, 3.8) is 0 Å². The first-order valence-corrected chi connectivity index (χ1v) is 10.6. The van der Waals surface area contributed by atoms with Gasteiger partial charge in [-0.25, -0.2) is 4.98 Å². The fraction of sp³-hybridized carbons (Fsp3) is 0.316. The van der Waals surface area contributed by atoms with Crippen molar-refractivity contribution >= 4 is 46.0 Å². The van der Waals surface area contributed by atoms with E-state index in [1.165, 1.54) is 40.0 Å². The van der Waals surface area contributed by atoms with Crippen LogP contribution in [0.25, 0.3) is 11.1 Å². The number of aromatic nitrogens is 1. The van der Waals surface area contributed by atoms with E-state index in [1.807, 2.05) is 30.3 Å². The minimum Gasteiger partial charge on any atom is -0.431 e. The minimum absolute atomic E-state index is 0.103. The van der Waals surface area contributed by atoms with E-state index in [-0.39, 0.29) is 17.6 Å². The Bertz CT molecular complexity index is 962. The Morgan fingerprint density at radius 2 is 2.19 bits per heavy atom. The molecule has 0 radical (unpaired) electrons. The highest BCUT2D eigenvalue weighted by Gasteiger charge is 2.21. The van der Waals surface area contributed by atoms with E-state index in [2.05, 4.69) is 22.8 Å². The number of nitrogens with zero attached hydrogens (tertiary/aromatic N) is 1. The summed E-state index contributed by atoms with van der Waals surface area (Å²) >= 11 is 2.70. The van der Waals surface area contributed by atoms with Gasteiger partial charge in [0.05, 0.1) is 10.6 Å². The molecule has 0 unspecified atom stereocenters. The molecule has 8 heteroatoms. The molecule has 1 atom stereocenters. The van der Waals surface area contributed by atoms with Gasteiger partial charge in [0.25, 0.3) is 11.1 Å². The Labute approximate surface area is 164 Å². The molecule has 1 aliphatic rings. The minimum atomic E-state index is -0.314. The summed E-state index contributed by atoms with van der Waals surface area (Å²) in [5, 5.41) is 0.428. The first-order valence-electron chi connectivity index (χ1n) is 8.77. The van der Waals surface area contributed by atoms with Crippen molar-refractivity contribution in [3.8, 4) is 0 Å². The molecule has 0 fully saturated rings. The zero-order chi connectivity index (χ0) is 18.8. The predicted molar refractivity (Wildman–Crippen MR) is 106 cm³/mol. The Kier molecular flexibility index (Phi) is 5.18. The number of carbonyl (C=O) groups excluding carboxylic acids is 2. The van der Waals surface area contributed by atoms with Crippen LogP contribution >= 0.6 is 23.1 Å². The van der Waals surface area contributed by atoms with E-state index in [0.717, 1.165) is 18.4 Å². The number of benzene rings is 1. The summed E-state index contributed by atoms with van der Waals surface area (Å²) in [7, 11) is 0. The molecule has 1 aromatic carbocycles. The number of amides is 2. The number of thioether (sulfide) groups is 1. The molecule has 4 rings (SSSR count). The van der Waals surface area contributed by atoms with Gasteiger partial charge in [-0.1, -0.05) is 30.8 Å². The van der Waals surface area contributed by atoms with Crippen LogP contribution in [0.5, 0.6) is 0 Å². The number of nitrogens with one attached hydrogen (secondary N) is 2. The second-order valence-electron chi connectivity index (χ2n) is 6.65. The third-order valence-electron chi connectivity index (χ3n) is 4.47. The Balaban J connectivity index is 1.28. The van der Waals surface area contributed by atoms with Gasteiger partial charge >= 0.3 is 0 Å². The second-order valence-corrected chi connectivity index (χ2v) is 8.71. The molecule has 2 amide bonds. The van der Waals surface area contributed by atoms with E-state index in [1.54, 1.807) is 0 Å². The summed E-state index contributed by atoms with van der Waals surface area (Å²) in [5.74, 6) is 0.172. The van der Waals surface area contributed by atoms with Crippen LogP contribution in [0.3, 0.4) is 0 Å². The average molecular weight is 402 g/mol. The molecular weight excluding hydrogens is 382 g/mol. The van der Waals surface area contributed by atoms with E-state index in [0.29, 0.717) is 21.6 Å². The van der Waals surface area contributed by atoms with Gasteiger partial charge in [0, 0.05) is 4.88 Å². The van der Waals surface area contributed by atoms with E-state index >= 15 is 0 Å². The highest BCUT2D eigenvalue weighted by atomic mass is 32.2. The Morgan fingerprint density at radius 3 is 3.04 bits per heavy atom. The van der Waals surface area contributed by atoms with Gasteiger partial charge in [-0.05, 0) is 48.9 Å². The topological polar surface area (TPSA) is 84.2 Å². The zero-order valence-corrected chi connectivity index (χ0v) is 16.4. The molecule has 140 valence electrons. The Morgan fingerprint density at radius 1 is 1.33 bits per heavy atom.